The molecule has 0 unspecified atom stereocenters. The Balaban J connectivity index is 1.08. The molecule has 0 bridgehead atoms. The number of alkyl halides is 3. The van der Waals surface area contributed by atoms with E-state index in [9.17, 15) is 27.9 Å². The second-order valence-electron chi connectivity index (χ2n) is 16.6. The third-order valence-corrected chi connectivity index (χ3v) is 15.3. The van der Waals surface area contributed by atoms with Gasteiger partial charge in [-0.05, 0) is 79.3 Å². The molecule has 17 heteroatoms. The zero-order valence-electron chi connectivity index (χ0n) is 33.4. The number of rotatable bonds is 5. The van der Waals surface area contributed by atoms with Crippen LogP contribution in [-0.4, -0.2) is 55.6 Å². The van der Waals surface area contributed by atoms with E-state index in [2.05, 4.69) is 4.98 Å². The van der Waals surface area contributed by atoms with Gasteiger partial charge in [0.15, 0.2) is 5.82 Å². The minimum Gasteiger partial charge on any atom is -0.507 e. The smallest absolute Gasteiger partial charge is 0.433 e. The molecule has 4 aliphatic rings. The van der Waals surface area contributed by atoms with Crippen molar-refractivity contribution in [1.82, 2.24) is 19.8 Å². The third-order valence-electron chi connectivity index (χ3n) is 13.4. The molecule has 6 aromatic rings. The summed E-state index contributed by atoms with van der Waals surface area (Å²) in [5, 5.41) is 21.2. The highest BCUT2D eigenvalue weighted by atomic mass is 35.5. The molecule has 1 saturated carbocycles. The van der Waals surface area contributed by atoms with Gasteiger partial charge in [0.05, 0.1) is 33.1 Å². The molecule has 5 heterocycles. The van der Waals surface area contributed by atoms with Crippen LogP contribution in [0.3, 0.4) is 0 Å². The lowest BCUT2D eigenvalue weighted by Gasteiger charge is -2.49. The largest absolute Gasteiger partial charge is 0.507 e. The van der Waals surface area contributed by atoms with Crippen LogP contribution in [0.1, 0.15) is 42.5 Å². The molecule has 4 amide bonds. The van der Waals surface area contributed by atoms with Gasteiger partial charge in [-0.15, -0.1) is 11.3 Å². The molecule has 2 aliphatic carbocycles. The van der Waals surface area contributed by atoms with Crippen molar-refractivity contribution < 1.29 is 37.5 Å². The molecule has 62 heavy (non-hydrogen) atoms. The fraction of sp³-hybridized carbons (Fsp3) is 0.289. The number of halogens is 5. The number of carbonyl (C=O) groups excluding carboxylic acids is 4. The van der Waals surface area contributed by atoms with Crippen LogP contribution < -0.4 is 9.91 Å². The molecule has 1 N–H and O–H groups in total. The number of aryl methyl sites for hydroxylation is 2. The number of aromatic nitrogens is 3. The van der Waals surface area contributed by atoms with E-state index in [0.717, 1.165) is 46.9 Å². The van der Waals surface area contributed by atoms with Crippen LogP contribution in [0.2, 0.25) is 10.0 Å². The first-order valence-electron chi connectivity index (χ1n) is 19.8. The molecule has 0 spiro atoms. The number of pyridine rings is 1. The lowest BCUT2D eigenvalue weighted by atomic mass is 9.51. The Morgan fingerprint density at radius 1 is 0.935 bits per heavy atom. The summed E-state index contributed by atoms with van der Waals surface area (Å²) in [5.41, 5.74) is -0.258. The number of fused-ring (bicyclic) bond motifs is 6. The number of allylic oxidation sites excluding steroid dienone is 2. The molecular formula is C45H35Cl2F3N6O5S. The molecule has 316 valence electrons. The maximum atomic E-state index is 15.3. The first-order valence-corrected chi connectivity index (χ1v) is 21.4. The highest BCUT2D eigenvalue weighted by Crippen LogP contribution is 2.65. The topological polar surface area (TPSA) is 129 Å². The molecule has 10 rings (SSSR count). The average Bonchev–Trinajstić information content (AvgIpc) is 3.91. The molecule has 2 aliphatic heterocycles. The lowest BCUT2D eigenvalue weighted by molar-refractivity contribution is -0.141. The van der Waals surface area contributed by atoms with Crippen molar-refractivity contribution in [3.8, 4) is 16.3 Å². The van der Waals surface area contributed by atoms with Gasteiger partial charge in [0.2, 0.25) is 11.8 Å². The molecular weight excluding hydrogens is 864 g/mol. The Hall–Kier alpha value is -5.77. The minimum atomic E-state index is -4.83. The average molecular weight is 900 g/mol. The van der Waals surface area contributed by atoms with Gasteiger partial charge in [0.1, 0.15) is 23.0 Å². The summed E-state index contributed by atoms with van der Waals surface area (Å²) in [4.78, 5) is 65.0. The van der Waals surface area contributed by atoms with E-state index in [1.807, 2.05) is 49.4 Å². The molecule has 11 nitrogen and oxygen atoms in total. The number of hydrazine groups is 1. The Morgan fingerprint density at radius 3 is 2.45 bits per heavy atom. The SMILES string of the molecule is Cc1c(-c2cc(N3C(=O)[C@@H]4C[C@@H]5C(=CC[C@@H]6C(=O)N(N(C)c7nc(C(F)(F)F)ccc7Cl)C(=O)[C@@H]65)[C@H](c5ccc6ccccc6c5O)[C@]4(C)C3=O)n(C)n2)sc2ccc(Cl)cc12. The van der Waals surface area contributed by atoms with Crippen LogP contribution in [0.25, 0.3) is 31.4 Å². The molecule has 0 radical (unpaired) electrons. The second-order valence-corrected chi connectivity index (χ2v) is 18.5. The lowest BCUT2D eigenvalue weighted by Crippen LogP contribution is -2.49. The number of carbonyl (C=O) groups is 4. The first kappa shape index (κ1) is 40.3. The molecule has 3 fully saturated rings. The Bertz CT molecular complexity index is 3020. The number of thiophene rings is 1. The van der Waals surface area contributed by atoms with E-state index < -0.39 is 76.3 Å². The van der Waals surface area contributed by atoms with Crippen molar-refractivity contribution in [1.29, 1.82) is 0 Å². The highest BCUT2D eigenvalue weighted by Gasteiger charge is 2.68. The number of phenols is 1. The maximum Gasteiger partial charge on any atom is 0.433 e. The predicted molar refractivity (Wildman–Crippen MR) is 229 cm³/mol. The summed E-state index contributed by atoms with van der Waals surface area (Å²) < 4.78 is 43.8. The standard InChI is InChI=1S/C45H35Cl2F3N6O5S/c1-20-27-17-22(46)10-15-32(27)62-38(20)31-19-34(53(3)52-31)55-41(59)29-18-28-24(36(44(29,2)43(55)61)26-11-9-21-7-5-6-8-23(21)37(26)57)12-13-25-35(28)42(60)56(40(25)58)54(4)39-30(47)14-16-33(51-39)45(48,49)50/h5-12,14-17,19,25,28-29,35-36,57H,13,18H2,1-4H3/t25-,28+,29-,35-,36+,44+/m0/s1. The van der Waals surface area contributed by atoms with E-state index in [1.54, 1.807) is 38.2 Å². The Kier molecular flexibility index (Phi) is 9.02. The minimum absolute atomic E-state index is 0.00452. The number of aromatic hydroxyl groups is 1. The van der Waals surface area contributed by atoms with Crippen LogP contribution in [0.4, 0.5) is 24.8 Å². The van der Waals surface area contributed by atoms with Gasteiger partial charge >= 0.3 is 6.18 Å². The fourth-order valence-corrected chi connectivity index (χ4v) is 12.0. The van der Waals surface area contributed by atoms with E-state index in [0.29, 0.717) is 33.3 Å². The summed E-state index contributed by atoms with van der Waals surface area (Å²) in [7, 11) is 2.90. The number of nitrogens with zero attached hydrogens (tertiary/aromatic N) is 6. The van der Waals surface area contributed by atoms with E-state index in [-0.39, 0.29) is 29.4 Å². The highest BCUT2D eigenvalue weighted by molar-refractivity contribution is 7.22. The summed E-state index contributed by atoms with van der Waals surface area (Å²) in [6.07, 6.45) is -2.95. The monoisotopic (exact) mass is 898 g/mol. The van der Waals surface area contributed by atoms with Gasteiger partial charge in [-0.3, -0.25) is 28.9 Å². The summed E-state index contributed by atoms with van der Waals surface area (Å²) in [6.45, 7) is 3.68. The van der Waals surface area contributed by atoms with E-state index in [4.69, 9.17) is 28.3 Å². The third kappa shape index (κ3) is 5.63. The summed E-state index contributed by atoms with van der Waals surface area (Å²) >= 11 is 14.2. The summed E-state index contributed by atoms with van der Waals surface area (Å²) in [6, 6.07) is 19.8. The predicted octanol–water partition coefficient (Wildman–Crippen LogP) is 9.47. The second kappa shape index (κ2) is 13.9. The van der Waals surface area contributed by atoms with E-state index in [1.165, 1.54) is 23.1 Å². The summed E-state index contributed by atoms with van der Waals surface area (Å²) in [5.74, 6) is -7.45. The Morgan fingerprint density at radius 2 is 1.69 bits per heavy atom. The maximum absolute atomic E-state index is 15.3. The quantitative estimate of drug-likeness (QED) is 0.134. The zero-order valence-corrected chi connectivity index (χ0v) is 35.7. The van der Waals surface area contributed by atoms with Crippen molar-refractivity contribution in [2.45, 2.75) is 38.8 Å². The first-order chi connectivity index (χ1) is 29.4. The van der Waals surface area contributed by atoms with Crippen molar-refractivity contribution >= 4 is 90.7 Å². The van der Waals surface area contributed by atoms with Gasteiger partial charge in [-0.2, -0.15) is 23.3 Å². The normalized spacial score (nSPS) is 24.9. The molecule has 3 aromatic heterocycles. The number of amides is 4. The molecule has 2 saturated heterocycles. The van der Waals surface area contributed by atoms with Crippen LogP contribution in [0.15, 0.2) is 84.4 Å². The van der Waals surface area contributed by atoms with Crippen molar-refractivity contribution in [2.75, 3.05) is 17.0 Å². The van der Waals surface area contributed by atoms with Crippen LogP contribution >= 0.6 is 34.5 Å². The van der Waals surface area contributed by atoms with Gasteiger partial charge in [0, 0.05) is 46.8 Å². The number of anilines is 2. The van der Waals surface area contributed by atoms with Crippen LogP contribution in [0.5, 0.6) is 5.75 Å². The zero-order chi connectivity index (χ0) is 43.9. The number of benzene rings is 3. The van der Waals surface area contributed by atoms with E-state index >= 15 is 9.59 Å². The number of phenolic OH excluding ortho intramolecular Hbond substituents is 1. The van der Waals surface area contributed by atoms with Crippen molar-refractivity contribution in [3.63, 3.8) is 0 Å². The fourth-order valence-electron chi connectivity index (χ4n) is 10.5. The van der Waals surface area contributed by atoms with Crippen LogP contribution in [0, 0.1) is 36.0 Å². The van der Waals surface area contributed by atoms with Crippen LogP contribution in [-0.2, 0) is 32.4 Å². The van der Waals surface area contributed by atoms with Gasteiger partial charge in [0.25, 0.3) is 11.8 Å². The van der Waals surface area contributed by atoms with Gasteiger partial charge < -0.3 is 5.11 Å². The Labute approximate surface area is 365 Å². The molecule has 6 atom stereocenters. The number of hydrogen-bond donors (Lipinski definition) is 1. The number of imide groups is 2. The van der Waals surface area contributed by atoms with Gasteiger partial charge in [-0.1, -0.05) is 71.2 Å². The van der Waals surface area contributed by atoms with Gasteiger partial charge in [-0.25, -0.2) is 9.88 Å². The number of hydrogen-bond acceptors (Lipinski definition) is 9. The van der Waals surface area contributed by atoms with Crippen molar-refractivity contribution in [3.05, 3.63) is 111 Å². The molecule has 3 aromatic carbocycles. The van der Waals surface area contributed by atoms with Crippen molar-refractivity contribution in [2.24, 2.45) is 36.1 Å².